The zero-order valence-electron chi connectivity index (χ0n) is 11.3. The fourth-order valence-corrected chi connectivity index (χ4v) is 2.58. The Bertz CT molecular complexity index is 588. The Morgan fingerprint density at radius 3 is 2.65 bits per heavy atom. The molecule has 0 saturated carbocycles. The van der Waals surface area contributed by atoms with Gasteiger partial charge in [0.25, 0.3) is 0 Å². The molecule has 0 aliphatic carbocycles. The van der Waals surface area contributed by atoms with E-state index in [0.717, 1.165) is 33.5 Å². The molecular formula is C16H17ClINO. The first-order chi connectivity index (χ1) is 9.60. The zero-order chi connectivity index (χ0) is 14.5. The number of hydrogen-bond donors (Lipinski definition) is 1. The second kappa shape index (κ2) is 7.29. The molecule has 1 atom stereocenters. The van der Waals surface area contributed by atoms with Crippen molar-refractivity contribution in [3.05, 3.63) is 56.6 Å². The van der Waals surface area contributed by atoms with E-state index in [4.69, 9.17) is 22.1 Å². The highest BCUT2D eigenvalue weighted by Crippen LogP contribution is 2.30. The van der Waals surface area contributed by atoms with E-state index in [2.05, 4.69) is 29.5 Å². The van der Waals surface area contributed by atoms with Crippen LogP contribution in [0.1, 0.15) is 18.9 Å². The number of ether oxygens (including phenoxy) is 1. The van der Waals surface area contributed by atoms with Crippen molar-refractivity contribution in [3.63, 3.8) is 0 Å². The van der Waals surface area contributed by atoms with Gasteiger partial charge < -0.3 is 10.5 Å². The molecule has 2 aromatic rings. The van der Waals surface area contributed by atoms with Crippen LogP contribution in [0.5, 0.6) is 11.5 Å². The van der Waals surface area contributed by atoms with Crippen molar-refractivity contribution >= 4 is 34.2 Å². The van der Waals surface area contributed by atoms with Gasteiger partial charge in [-0.2, -0.15) is 0 Å². The van der Waals surface area contributed by atoms with Crippen LogP contribution in [0.15, 0.2) is 42.5 Å². The fraction of sp³-hybridized carbons (Fsp3) is 0.250. The Labute approximate surface area is 138 Å². The number of halogens is 2. The normalized spacial score (nSPS) is 12.2. The summed E-state index contributed by atoms with van der Waals surface area (Å²) in [5.74, 6) is 1.58. The summed E-state index contributed by atoms with van der Waals surface area (Å²) < 4.78 is 6.92. The third-order valence-electron chi connectivity index (χ3n) is 3.10. The molecule has 0 fully saturated rings. The van der Waals surface area contributed by atoms with Crippen LogP contribution >= 0.6 is 34.2 Å². The first kappa shape index (κ1) is 15.6. The number of para-hydroxylation sites is 1. The van der Waals surface area contributed by atoms with Gasteiger partial charge in [-0.25, -0.2) is 0 Å². The monoisotopic (exact) mass is 401 g/mol. The molecule has 0 radical (unpaired) electrons. The second-order valence-corrected chi connectivity index (χ2v) is 6.23. The molecule has 0 saturated heterocycles. The molecule has 2 aromatic carbocycles. The number of rotatable bonds is 5. The van der Waals surface area contributed by atoms with Crippen molar-refractivity contribution in [2.45, 2.75) is 25.8 Å². The molecule has 0 spiro atoms. The summed E-state index contributed by atoms with van der Waals surface area (Å²) in [7, 11) is 0. The average Bonchev–Trinajstić information content (AvgIpc) is 2.44. The maximum absolute atomic E-state index is 6.30. The van der Waals surface area contributed by atoms with Crippen LogP contribution in [0, 0.1) is 3.57 Å². The van der Waals surface area contributed by atoms with Crippen LogP contribution in [-0.2, 0) is 6.42 Å². The van der Waals surface area contributed by atoms with Crippen molar-refractivity contribution in [2.24, 2.45) is 5.73 Å². The second-order valence-electron chi connectivity index (χ2n) is 4.66. The molecular weight excluding hydrogens is 385 g/mol. The molecule has 0 bridgehead atoms. The van der Waals surface area contributed by atoms with E-state index in [1.54, 1.807) is 0 Å². The van der Waals surface area contributed by atoms with Crippen molar-refractivity contribution in [1.29, 1.82) is 0 Å². The molecule has 0 amide bonds. The van der Waals surface area contributed by atoms with E-state index < -0.39 is 0 Å². The van der Waals surface area contributed by atoms with Crippen molar-refractivity contribution in [1.82, 2.24) is 0 Å². The minimum Gasteiger partial charge on any atom is -0.456 e. The summed E-state index contributed by atoms with van der Waals surface area (Å²) in [6.45, 7) is 2.08. The lowest BCUT2D eigenvalue weighted by Gasteiger charge is -2.12. The summed E-state index contributed by atoms with van der Waals surface area (Å²) in [6, 6.07) is 13.8. The molecule has 2 rings (SSSR count). The Morgan fingerprint density at radius 1 is 1.25 bits per heavy atom. The molecule has 2 nitrogen and oxygen atoms in total. The first-order valence-corrected chi connectivity index (χ1v) is 8.02. The van der Waals surface area contributed by atoms with Crippen molar-refractivity contribution in [3.8, 4) is 11.5 Å². The Morgan fingerprint density at radius 2 is 2.00 bits per heavy atom. The fourth-order valence-electron chi connectivity index (χ4n) is 1.84. The Balaban J connectivity index is 2.15. The van der Waals surface area contributed by atoms with Crippen LogP contribution in [0.2, 0.25) is 5.02 Å². The van der Waals surface area contributed by atoms with E-state index in [9.17, 15) is 0 Å². The molecule has 4 heteroatoms. The molecule has 106 valence electrons. The molecule has 0 heterocycles. The van der Waals surface area contributed by atoms with E-state index in [1.807, 2.05) is 42.5 Å². The molecule has 2 N–H and O–H groups in total. The van der Waals surface area contributed by atoms with Gasteiger partial charge in [0.15, 0.2) is 0 Å². The predicted molar refractivity (Wildman–Crippen MR) is 92.7 cm³/mol. The van der Waals surface area contributed by atoms with Gasteiger partial charge in [-0.05, 0) is 65.3 Å². The van der Waals surface area contributed by atoms with Crippen LogP contribution in [0.3, 0.4) is 0 Å². The third-order valence-corrected chi connectivity index (χ3v) is 4.34. The SMILES string of the molecule is CCC(N)Cc1ccc(Oc2ccccc2I)cc1Cl. The number of hydrogen-bond acceptors (Lipinski definition) is 2. The molecule has 0 aliphatic rings. The van der Waals surface area contributed by atoms with Crippen molar-refractivity contribution in [2.75, 3.05) is 0 Å². The van der Waals surface area contributed by atoms with Crippen LogP contribution in [0.4, 0.5) is 0 Å². The van der Waals surface area contributed by atoms with Gasteiger partial charge >= 0.3 is 0 Å². The van der Waals surface area contributed by atoms with Gasteiger partial charge in [0.2, 0.25) is 0 Å². The number of nitrogens with two attached hydrogens (primary N) is 1. The molecule has 0 aromatic heterocycles. The highest BCUT2D eigenvalue weighted by Gasteiger charge is 2.08. The minimum absolute atomic E-state index is 0.148. The largest absolute Gasteiger partial charge is 0.456 e. The number of benzene rings is 2. The lowest BCUT2D eigenvalue weighted by atomic mass is 10.0. The van der Waals surface area contributed by atoms with E-state index in [-0.39, 0.29) is 6.04 Å². The highest BCUT2D eigenvalue weighted by molar-refractivity contribution is 14.1. The topological polar surface area (TPSA) is 35.2 Å². The van der Waals surface area contributed by atoms with Gasteiger partial charge in [0.05, 0.1) is 3.57 Å². The minimum atomic E-state index is 0.148. The van der Waals surface area contributed by atoms with Gasteiger partial charge in [0.1, 0.15) is 11.5 Å². The van der Waals surface area contributed by atoms with E-state index in [1.165, 1.54) is 0 Å². The highest BCUT2D eigenvalue weighted by atomic mass is 127. The van der Waals surface area contributed by atoms with E-state index >= 15 is 0 Å². The Kier molecular flexibility index (Phi) is 5.69. The lowest BCUT2D eigenvalue weighted by molar-refractivity contribution is 0.479. The zero-order valence-corrected chi connectivity index (χ0v) is 14.2. The maximum Gasteiger partial charge on any atom is 0.140 e. The predicted octanol–water partition coefficient (Wildman–Crippen LogP) is 5.02. The smallest absolute Gasteiger partial charge is 0.140 e. The quantitative estimate of drug-likeness (QED) is 0.714. The van der Waals surface area contributed by atoms with Gasteiger partial charge in [0, 0.05) is 11.1 Å². The molecule has 0 aliphatic heterocycles. The van der Waals surface area contributed by atoms with Crippen LogP contribution in [0.25, 0.3) is 0 Å². The van der Waals surface area contributed by atoms with Gasteiger partial charge in [-0.3, -0.25) is 0 Å². The summed E-state index contributed by atoms with van der Waals surface area (Å²) in [5.41, 5.74) is 7.03. The lowest BCUT2D eigenvalue weighted by Crippen LogP contribution is -2.21. The average molecular weight is 402 g/mol. The third kappa shape index (κ3) is 4.11. The molecule has 20 heavy (non-hydrogen) atoms. The first-order valence-electron chi connectivity index (χ1n) is 6.56. The molecule has 1 unspecified atom stereocenters. The summed E-state index contributed by atoms with van der Waals surface area (Å²) in [4.78, 5) is 0. The summed E-state index contributed by atoms with van der Waals surface area (Å²) in [6.07, 6.45) is 1.73. The summed E-state index contributed by atoms with van der Waals surface area (Å²) >= 11 is 8.55. The van der Waals surface area contributed by atoms with Crippen molar-refractivity contribution < 1.29 is 4.74 Å². The Hall–Kier alpha value is -0.780. The summed E-state index contributed by atoms with van der Waals surface area (Å²) in [5, 5.41) is 0.706. The van der Waals surface area contributed by atoms with Gasteiger partial charge in [-0.15, -0.1) is 0 Å². The van der Waals surface area contributed by atoms with E-state index in [0.29, 0.717) is 5.02 Å². The standard InChI is InChI=1S/C16H17ClINO/c1-2-12(19)9-11-7-8-13(10-14(11)17)20-16-6-4-3-5-15(16)18/h3-8,10,12H,2,9,19H2,1H3. The maximum atomic E-state index is 6.30. The van der Waals surface area contributed by atoms with Crippen LogP contribution < -0.4 is 10.5 Å². The van der Waals surface area contributed by atoms with Crippen LogP contribution in [-0.4, -0.2) is 6.04 Å². The van der Waals surface area contributed by atoms with Gasteiger partial charge in [-0.1, -0.05) is 36.7 Å².